The minimum absolute atomic E-state index is 0.678. The van der Waals surface area contributed by atoms with E-state index in [2.05, 4.69) is 29.1 Å². The van der Waals surface area contributed by atoms with Crippen molar-refractivity contribution >= 4 is 10.9 Å². The van der Waals surface area contributed by atoms with E-state index < -0.39 is 0 Å². The molecule has 1 fully saturated rings. The topological polar surface area (TPSA) is 25.4 Å². The zero-order valence-electron chi connectivity index (χ0n) is 12.1. The fourth-order valence-electron chi connectivity index (χ4n) is 2.95. The number of rotatable bonds is 4. The van der Waals surface area contributed by atoms with Gasteiger partial charge < -0.3 is 9.64 Å². The van der Waals surface area contributed by atoms with Crippen LogP contribution in [0.5, 0.6) is 5.75 Å². The molecule has 3 heteroatoms. The molecule has 2 aromatic rings. The van der Waals surface area contributed by atoms with Gasteiger partial charge in [-0.25, -0.2) is 0 Å². The Kier molecular flexibility index (Phi) is 4.16. The summed E-state index contributed by atoms with van der Waals surface area (Å²) >= 11 is 0. The third-order valence-corrected chi connectivity index (χ3v) is 4.21. The quantitative estimate of drug-likeness (QED) is 0.850. The van der Waals surface area contributed by atoms with Crippen molar-refractivity contribution in [3.63, 3.8) is 0 Å². The molecule has 0 aliphatic carbocycles. The number of fused-ring (bicyclic) bond motifs is 1. The van der Waals surface area contributed by atoms with E-state index in [1.807, 2.05) is 24.4 Å². The molecule has 2 heterocycles. The van der Waals surface area contributed by atoms with Crippen LogP contribution in [0.15, 0.2) is 36.5 Å². The van der Waals surface area contributed by atoms with Crippen molar-refractivity contribution in [3.05, 3.63) is 36.5 Å². The SMILES string of the molecule is CN1CCCCC1CCOc1cnc2ccccc2c1. The van der Waals surface area contributed by atoms with E-state index in [1.54, 1.807) is 0 Å². The second-order valence-corrected chi connectivity index (χ2v) is 5.63. The van der Waals surface area contributed by atoms with Crippen LogP contribution in [0.3, 0.4) is 0 Å². The van der Waals surface area contributed by atoms with Crippen molar-refractivity contribution in [3.8, 4) is 5.75 Å². The summed E-state index contributed by atoms with van der Waals surface area (Å²) < 4.78 is 5.88. The Balaban J connectivity index is 1.56. The molecule has 1 unspecified atom stereocenters. The number of hydrogen-bond acceptors (Lipinski definition) is 3. The summed E-state index contributed by atoms with van der Waals surface area (Å²) in [6.45, 7) is 2.00. The van der Waals surface area contributed by atoms with Crippen molar-refractivity contribution in [1.82, 2.24) is 9.88 Å². The first kappa shape index (κ1) is 13.4. The van der Waals surface area contributed by atoms with E-state index in [0.29, 0.717) is 6.04 Å². The summed E-state index contributed by atoms with van der Waals surface area (Å²) in [5.74, 6) is 0.877. The Hall–Kier alpha value is -1.61. The first-order valence-electron chi connectivity index (χ1n) is 7.51. The number of hydrogen-bond donors (Lipinski definition) is 0. The monoisotopic (exact) mass is 270 g/mol. The van der Waals surface area contributed by atoms with E-state index >= 15 is 0 Å². The Morgan fingerprint density at radius 2 is 2.20 bits per heavy atom. The molecule has 106 valence electrons. The van der Waals surface area contributed by atoms with Crippen LogP contribution in [0.25, 0.3) is 10.9 Å². The van der Waals surface area contributed by atoms with Gasteiger partial charge in [0.05, 0.1) is 18.3 Å². The molecule has 1 atom stereocenters. The molecular formula is C17H22N2O. The van der Waals surface area contributed by atoms with Crippen LogP contribution in [0.2, 0.25) is 0 Å². The van der Waals surface area contributed by atoms with Crippen molar-refractivity contribution < 1.29 is 4.74 Å². The first-order chi connectivity index (χ1) is 9.83. The predicted molar refractivity (Wildman–Crippen MR) is 82.1 cm³/mol. The number of nitrogens with zero attached hydrogens (tertiary/aromatic N) is 2. The maximum absolute atomic E-state index is 5.88. The molecule has 1 aromatic heterocycles. The molecule has 3 rings (SSSR count). The lowest BCUT2D eigenvalue weighted by Gasteiger charge is -2.32. The van der Waals surface area contributed by atoms with Gasteiger partial charge >= 0.3 is 0 Å². The highest BCUT2D eigenvalue weighted by Gasteiger charge is 2.18. The van der Waals surface area contributed by atoms with Crippen LogP contribution in [-0.4, -0.2) is 36.1 Å². The van der Waals surface area contributed by atoms with E-state index in [-0.39, 0.29) is 0 Å². The third kappa shape index (κ3) is 3.10. The molecule has 0 bridgehead atoms. The molecule has 1 aliphatic rings. The summed E-state index contributed by atoms with van der Waals surface area (Å²) in [5.41, 5.74) is 1.02. The van der Waals surface area contributed by atoms with Crippen molar-refractivity contribution in [2.45, 2.75) is 31.7 Å². The Bertz CT molecular complexity index is 570. The normalized spacial score (nSPS) is 20.1. The summed E-state index contributed by atoms with van der Waals surface area (Å²) in [6.07, 6.45) is 6.92. The van der Waals surface area contributed by atoms with Gasteiger partial charge in [0.25, 0.3) is 0 Å². The molecule has 0 spiro atoms. The lowest BCUT2D eigenvalue weighted by molar-refractivity contribution is 0.153. The molecule has 1 aliphatic heterocycles. The molecule has 0 saturated carbocycles. The molecule has 3 nitrogen and oxygen atoms in total. The molecule has 20 heavy (non-hydrogen) atoms. The van der Waals surface area contributed by atoms with Gasteiger partial charge in [-0.15, -0.1) is 0 Å². The second-order valence-electron chi connectivity index (χ2n) is 5.63. The molecule has 1 aromatic carbocycles. The van der Waals surface area contributed by atoms with Gasteiger partial charge in [-0.3, -0.25) is 4.98 Å². The highest BCUT2D eigenvalue weighted by Crippen LogP contribution is 2.20. The summed E-state index contributed by atoms with van der Waals surface area (Å²) in [6, 6.07) is 10.9. The fraction of sp³-hybridized carbons (Fsp3) is 0.471. The number of piperidine rings is 1. The van der Waals surface area contributed by atoms with Crippen LogP contribution in [0.1, 0.15) is 25.7 Å². The predicted octanol–water partition coefficient (Wildman–Crippen LogP) is 3.49. The smallest absolute Gasteiger partial charge is 0.138 e. The van der Waals surface area contributed by atoms with Gasteiger partial charge in [0.15, 0.2) is 0 Å². The zero-order chi connectivity index (χ0) is 13.8. The molecule has 0 N–H and O–H groups in total. The Morgan fingerprint density at radius 1 is 1.30 bits per heavy atom. The highest BCUT2D eigenvalue weighted by atomic mass is 16.5. The molecular weight excluding hydrogens is 248 g/mol. The summed E-state index contributed by atoms with van der Waals surface area (Å²) in [7, 11) is 2.22. The van der Waals surface area contributed by atoms with Crippen molar-refractivity contribution in [2.75, 3.05) is 20.2 Å². The van der Waals surface area contributed by atoms with Crippen LogP contribution in [0, 0.1) is 0 Å². The molecule has 0 amide bonds. The lowest BCUT2D eigenvalue weighted by atomic mass is 10.0. The van der Waals surface area contributed by atoms with Crippen LogP contribution in [0.4, 0.5) is 0 Å². The largest absolute Gasteiger partial charge is 0.492 e. The van der Waals surface area contributed by atoms with Crippen molar-refractivity contribution in [1.29, 1.82) is 0 Å². The number of benzene rings is 1. The number of pyridine rings is 1. The Morgan fingerprint density at radius 3 is 3.10 bits per heavy atom. The average molecular weight is 270 g/mol. The maximum Gasteiger partial charge on any atom is 0.138 e. The lowest BCUT2D eigenvalue weighted by Crippen LogP contribution is -2.37. The van der Waals surface area contributed by atoms with Crippen LogP contribution < -0.4 is 4.74 Å². The van der Waals surface area contributed by atoms with Crippen molar-refractivity contribution in [2.24, 2.45) is 0 Å². The molecule has 1 saturated heterocycles. The number of para-hydroxylation sites is 1. The number of likely N-dealkylation sites (tertiary alicyclic amines) is 1. The van der Waals surface area contributed by atoms with E-state index in [0.717, 1.165) is 29.7 Å². The van der Waals surface area contributed by atoms with E-state index in [9.17, 15) is 0 Å². The van der Waals surface area contributed by atoms with E-state index in [1.165, 1.54) is 25.8 Å². The first-order valence-corrected chi connectivity index (χ1v) is 7.51. The summed E-state index contributed by atoms with van der Waals surface area (Å²) in [5, 5.41) is 1.14. The zero-order valence-corrected chi connectivity index (χ0v) is 12.1. The van der Waals surface area contributed by atoms with Gasteiger partial charge in [0, 0.05) is 11.4 Å². The summed E-state index contributed by atoms with van der Waals surface area (Å²) in [4.78, 5) is 6.89. The van der Waals surface area contributed by atoms with E-state index in [4.69, 9.17) is 4.74 Å². The minimum atomic E-state index is 0.678. The fourth-order valence-corrected chi connectivity index (χ4v) is 2.95. The number of aromatic nitrogens is 1. The van der Waals surface area contributed by atoms with Gasteiger partial charge in [-0.2, -0.15) is 0 Å². The maximum atomic E-state index is 5.88. The number of ether oxygens (including phenoxy) is 1. The van der Waals surface area contributed by atoms with Gasteiger partial charge in [-0.1, -0.05) is 24.6 Å². The van der Waals surface area contributed by atoms with Gasteiger partial charge in [0.1, 0.15) is 5.75 Å². The minimum Gasteiger partial charge on any atom is -0.492 e. The third-order valence-electron chi connectivity index (χ3n) is 4.21. The Labute approximate surface area is 120 Å². The second kappa shape index (κ2) is 6.23. The average Bonchev–Trinajstić information content (AvgIpc) is 2.49. The van der Waals surface area contributed by atoms with Crippen LogP contribution >= 0.6 is 0 Å². The van der Waals surface area contributed by atoms with Crippen LogP contribution in [-0.2, 0) is 0 Å². The van der Waals surface area contributed by atoms with Gasteiger partial charge in [0.2, 0.25) is 0 Å². The highest BCUT2D eigenvalue weighted by molar-refractivity contribution is 5.79. The standard InChI is InChI=1S/C17H22N2O/c1-19-10-5-4-7-15(19)9-11-20-16-12-14-6-2-3-8-17(14)18-13-16/h2-3,6,8,12-13,15H,4-5,7,9-11H2,1H3. The van der Waals surface area contributed by atoms with Gasteiger partial charge in [-0.05, 0) is 45.0 Å². The molecule has 0 radical (unpaired) electrons.